The quantitative estimate of drug-likeness (QED) is 0.632. The Balaban J connectivity index is 1.82. The number of fused-ring (bicyclic) bond motifs is 1. The van der Waals surface area contributed by atoms with Gasteiger partial charge < -0.3 is 21.8 Å². The summed E-state index contributed by atoms with van der Waals surface area (Å²) in [7, 11) is 0. The highest BCUT2D eigenvalue weighted by molar-refractivity contribution is 6.09. The van der Waals surface area contributed by atoms with Crippen molar-refractivity contribution in [2.75, 3.05) is 11.9 Å². The van der Waals surface area contributed by atoms with E-state index in [9.17, 15) is 4.39 Å². The third-order valence-corrected chi connectivity index (χ3v) is 4.18. The van der Waals surface area contributed by atoms with Gasteiger partial charge in [-0.3, -0.25) is 4.98 Å². The van der Waals surface area contributed by atoms with Gasteiger partial charge in [-0.2, -0.15) is 0 Å². The van der Waals surface area contributed by atoms with Crippen LogP contribution >= 0.6 is 0 Å². The second-order valence-corrected chi connectivity index (χ2v) is 5.73. The zero-order chi connectivity index (χ0) is 17.6. The van der Waals surface area contributed by atoms with Crippen molar-refractivity contribution in [1.29, 1.82) is 5.41 Å². The molecule has 0 atom stereocenters. The summed E-state index contributed by atoms with van der Waals surface area (Å²) in [5.41, 5.74) is 10.4. The Labute approximate surface area is 146 Å². The molecule has 5 nitrogen and oxygen atoms in total. The van der Waals surface area contributed by atoms with Gasteiger partial charge in [-0.15, -0.1) is 0 Å². The van der Waals surface area contributed by atoms with E-state index in [1.54, 1.807) is 36.8 Å². The van der Waals surface area contributed by atoms with Gasteiger partial charge in [0.1, 0.15) is 5.82 Å². The maximum Gasteiger partial charge on any atom is 0.146 e. The van der Waals surface area contributed by atoms with E-state index >= 15 is 0 Å². The van der Waals surface area contributed by atoms with Crippen LogP contribution in [-0.2, 0) is 13.0 Å². The first-order chi connectivity index (χ1) is 12.2. The van der Waals surface area contributed by atoms with Crippen LogP contribution in [-0.4, -0.2) is 17.7 Å². The summed E-state index contributed by atoms with van der Waals surface area (Å²) in [6.45, 7) is 1.62. The van der Waals surface area contributed by atoms with Gasteiger partial charge in [-0.05, 0) is 53.9 Å². The van der Waals surface area contributed by atoms with Gasteiger partial charge in [-0.1, -0.05) is 0 Å². The molecule has 6 heteroatoms. The molecule has 25 heavy (non-hydrogen) atoms. The number of anilines is 1. The van der Waals surface area contributed by atoms with Crippen molar-refractivity contribution >= 4 is 23.6 Å². The molecule has 0 fully saturated rings. The molecule has 1 aromatic heterocycles. The predicted octanol–water partition coefficient (Wildman–Crippen LogP) is 2.90. The minimum absolute atomic E-state index is 0.277. The van der Waals surface area contributed by atoms with Gasteiger partial charge in [0, 0.05) is 48.7 Å². The van der Waals surface area contributed by atoms with Crippen molar-refractivity contribution in [3.63, 3.8) is 0 Å². The molecule has 0 radical (unpaired) electrons. The van der Waals surface area contributed by atoms with Crippen molar-refractivity contribution < 1.29 is 4.39 Å². The van der Waals surface area contributed by atoms with E-state index in [1.807, 2.05) is 6.07 Å². The number of hydrogen-bond acceptors (Lipinski definition) is 5. The number of rotatable bonds is 5. The van der Waals surface area contributed by atoms with Gasteiger partial charge in [0.15, 0.2) is 0 Å². The third-order valence-electron chi connectivity index (χ3n) is 4.18. The second kappa shape index (κ2) is 7.72. The lowest BCUT2D eigenvalue weighted by molar-refractivity contribution is 0.607. The first kappa shape index (κ1) is 16.9. The molecule has 5 N–H and O–H groups in total. The van der Waals surface area contributed by atoms with Crippen molar-refractivity contribution in [3.8, 4) is 0 Å². The van der Waals surface area contributed by atoms with Gasteiger partial charge in [0.2, 0.25) is 0 Å². The van der Waals surface area contributed by atoms with Gasteiger partial charge in [-0.25, -0.2) is 4.39 Å². The Morgan fingerprint density at radius 1 is 1.36 bits per heavy atom. The van der Waals surface area contributed by atoms with Crippen LogP contribution in [0.4, 0.5) is 10.1 Å². The molecule has 2 heterocycles. The third kappa shape index (κ3) is 3.75. The van der Waals surface area contributed by atoms with Gasteiger partial charge in [0.25, 0.3) is 0 Å². The number of nitrogens with one attached hydrogen (secondary N) is 3. The fourth-order valence-corrected chi connectivity index (χ4v) is 2.85. The maximum absolute atomic E-state index is 14.2. The Morgan fingerprint density at radius 3 is 3.04 bits per heavy atom. The normalized spacial score (nSPS) is 14.4. The van der Waals surface area contributed by atoms with E-state index in [0.717, 1.165) is 35.2 Å². The van der Waals surface area contributed by atoms with Crippen molar-refractivity contribution in [3.05, 3.63) is 71.1 Å². The van der Waals surface area contributed by atoms with E-state index < -0.39 is 0 Å². The molecule has 0 aliphatic carbocycles. The first-order valence-electron chi connectivity index (χ1n) is 8.05. The Bertz CT molecular complexity index is 842. The topological polar surface area (TPSA) is 86.8 Å². The molecular formula is C19H20FN5. The molecule has 1 aliphatic rings. The largest absolute Gasteiger partial charge is 0.404 e. The molecule has 3 rings (SSSR count). The van der Waals surface area contributed by atoms with Crippen LogP contribution < -0.4 is 16.4 Å². The van der Waals surface area contributed by atoms with Crippen molar-refractivity contribution in [2.45, 2.75) is 13.0 Å². The molecule has 2 aromatic rings. The van der Waals surface area contributed by atoms with Crippen LogP contribution in [0.1, 0.15) is 22.3 Å². The minimum Gasteiger partial charge on any atom is -0.404 e. The Morgan fingerprint density at radius 2 is 2.24 bits per heavy atom. The van der Waals surface area contributed by atoms with Crippen LogP contribution in [0, 0.1) is 11.2 Å². The average Bonchev–Trinajstić information content (AvgIpc) is 2.64. The summed E-state index contributed by atoms with van der Waals surface area (Å²) in [6.07, 6.45) is 10.2. The predicted molar refractivity (Wildman–Crippen MR) is 99.7 cm³/mol. The lowest BCUT2D eigenvalue weighted by Crippen LogP contribution is -2.23. The lowest BCUT2D eigenvalue weighted by Gasteiger charge is -2.18. The molecule has 128 valence electrons. The summed E-state index contributed by atoms with van der Waals surface area (Å²) in [5.74, 6) is -0.277. The summed E-state index contributed by atoms with van der Waals surface area (Å²) in [5, 5.41) is 13.7. The number of nitrogens with two attached hydrogens (primary N) is 1. The summed E-state index contributed by atoms with van der Waals surface area (Å²) in [4.78, 5) is 4.09. The fourth-order valence-electron chi connectivity index (χ4n) is 2.85. The maximum atomic E-state index is 14.2. The molecule has 0 bridgehead atoms. The molecule has 0 saturated heterocycles. The van der Waals surface area contributed by atoms with Crippen molar-refractivity contribution in [2.24, 2.45) is 5.73 Å². The van der Waals surface area contributed by atoms with Crippen LogP contribution in [0.3, 0.4) is 0 Å². The highest BCUT2D eigenvalue weighted by atomic mass is 19.1. The molecule has 1 aromatic carbocycles. The number of halogens is 1. The van der Waals surface area contributed by atoms with E-state index in [-0.39, 0.29) is 5.82 Å². The van der Waals surface area contributed by atoms with Crippen LogP contribution in [0.15, 0.2) is 43.0 Å². The zero-order valence-corrected chi connectivity index (χ0v) is 13.7. The molecule has 0 amide bonds. The minimum atomic E-state index is -0.277. The summed E-state index contributed by atoms with van der Waals surface area (Å²) < 4.78 is 14.2. The molecule has 0 unspecified atom stereocenters. The first-order valence-corrected chi connectivity index (χ1v) is 8.05. The highest BCUT2D eigenvalue weighted by Gasteiger charge is 2.12. The van der Waals surface area contributed by atoms with E-state index in [0.29, 0.717) is 17.8 Å². The SMILES string of the molecule is N=CC(=CN)c1ccncc1/C=C/Nc1cc2c(cc1F)CNCC2. The molecule has 0 spiro atoms. The fraction of sp³-hybridized carbons (Fsp3) is 0.158. The van der Waals surface area contributed by atoms with Crippen LogP contribution in [0.5, 0.6) is 0 Å². The summed E-state index contributed by atoms with van der Waals surface area (Å²) in [6, 6.07) is 5.23. The zero-order valence-electron chi connectivity index (χ0n) is 13.7. The van der Waals surface area contributed by atoms with Crippen molar-refractivity contribution in [1.82, 2.24) is 10.3 Å². The number of aromatic nitrogens is 1. The van der Waals surface area contributed by atoms with Gasteiger partial charge in [0.05, 0.1) is 5.69 Å². The van der Waals surface area contributed by atoms with Crippen LogP contribution in [0.2, 0.25) is 0 Å². The second-order valence-electron chi connectivity index (χ2n) is 5.73. The number of allylic oxidation sites excluding steroid dienone is 1. The van der Waals surface area contributed by atoms with Crippen LogP contribution in [0.25, 0.3) is 11.6 Å². The summed E-state index contributed by atoms with van der Waals surface area (Å²) >= 11 is 0. The van der Waals surface area contributed by atoms with E-state index in [1.165, 1.54) is 12.4 Å². The number of hydrogen-bond donors (Lipinski definition) is 4. The number of nitrogens with zero attached hydrogens (tertiary/aromatic N) is 1. The molecule has 0 saturated carbocycles. The van der Waals surface area contributed by atoms with E-state index in [4.69, 9.17) is 11.1 Å². The van der Waals surface area contributed by atoms with E-state index in [2.05, 4.69) is 15.6 Å². The standard InChI is InChI=1S/C19H20FN5/c20-18-7-15-12-23-4-1-13(15)8-19(18)25-6-2-14-11-24-5-3-17(14)16(9-21)10-22/h2-3,5-11,21,23,25H,1,4,12,22H2/b6-2+,16-10?,21-9?. The average molecular weight is 337 g/mol. The monoisotopic (exact) mass is 337 g/mol. The number of benzene rings is 1. The molecular weight excluding hydrogens is 317 g/mol. The van der Waals surface area contributed by atoms with Gasteiger partial charge >= 0.3 is 0 Å². The Hall–Kier alpha value is -2.99. The molecule has 1 aliphatic heterocycles. The highest BCUT2D eigenvalue weighted by Crippen LogP contribution is 2.23. The Kier molecular flexibility index (Phi) is 5.20. The lowest BCUT2D eigenvalue weighted by atomic mass is 10.00. The smallest absolute Gasteiger partial charge is 0.146 e. The number of pyridine rings is 1.